The first kappa shape index (κ1) is 22.8. The van der Waals surface area contributed by atoms with E-state index < -0.39 is 35.5 Å². The molecule has 1 saturated carbocycles. The van der Waals surface area contributed by atoms with Crippen LogP contribution < -0.4 is 0 Å². The fourth-order valence-electron chi connectivity index (χ4n) is 3.45. The molecule has 6 heteroatoms. The number of carbonyl (C=O) groups excluding carboxylic acids is 2. The summed E-state index contributed by atoms with van der Waals surface area (Å²) in [5.41, 5.74) is -0.882. The Hall–Kier alpha value is -1.20. The van der Waals surface area contributed by atoms with Crippen molar-refractivity contribution in [3.8, 4) is 0 Å². The quantitative estimate of drug-likeness (QED) is 0.523. The first-order valence-electron chi connectivity index (χ1n) is 9.75. The molecule has 26 heavy (non-hydrogen) atoms. The third-order valence-electron chi connectivity index (χ3n) is 5.45. The van der Waals surface area contributed by atoms with Gasteiger partial charge < -0.3 is 9.47 Å². The summed E-state index contributed by atoms with van der Waals surface area (Å²) < 4.78 is 39.3. The van der Waals surface area contributed by atoms with E-state index in [4.69, 9.17) is 9.47 Å². The van der Waals surface area contributed by atoms with Crippen LogP contribution in [0.2, 0.25) is 0 Å². The molecule has 4 nitrogen and oxygen atoms in total. The Bertz CT molecular complexity index is 484. The van der Waals surface area contributed by atoms with Crippen LogP contribution >= 0.6 is 0 Å². The maximum absolute atomic E-state index is 14.6. The van der Waals surface area contributed by atoms with Gasteiger partial charge in [0.2, 0.25) is 0 Å². The van der Waals surface area contributed by atoms with Crippen molar-refractivity contribution >= 4 is 11.9 Å². The first-order valence-corrected chi connectivity index (χ1v) is 9.75. The third kappa shape index (κ3) is 5.40. The molecule has 0 heterocycles. The molecule has 2 unspecified atom stereocenters. The molecule has 2 atom stereocenters. The van der Waals surface area contributed by atoms with E-state index >= 15 is 0 Å². The van der Waals surface area contributed by atoms with Gasteiger partial charge in [0.05, 0.1) is 5.41 Å². The standard InChI is InChI=1S/C20H34F2O4/c1-7-16(20(21,22)18(24)25-15-10-8-9-11-15)26-17(23)19(6,14(4)5)12-13(2)3/h13-16H,7-12H2,1-6H3. The van der Waals surface area contributed by atoms with E-state index in [1.54, 1.807) is 6.92 Å². The summed E-state index contributed by atoms with van der Waals surface area (Å²) in [5.74, 6) is -5.97. The Kier molecular flexibility index (Phi) is 8.03. The SMILES string of the molecule is CCC(OC(=O)C(C)(CC(C)C)C(C)C)C(F)(F)C(=O)OC1CCCC1. The number of halogens is 2. The Balaban J connectivity index is 2.87. The monoisotopic (exact) mass is 376 g/mol. The third-order valence-corrected chi connectivity index (χ3v) is 5.45. The van der Waals surface area contributed by atoms with Crippen LogP contribution in [0.25, 0.3) is 0 Å². The van der Waals surface area contributed by atoms with Gasteiger partial charge in [-0.15, -0.1) is 0 Å². The lowest BCUT2D eigenvalue weighted by Crippen LogP contribution is -2.48. The average molecular weight is 376 g/mol. The van der Waals surface area contributed by atoms with Gasteiger partial charge in [0, 0.05) is 0 Å². The van der Waals surface area contributed by atoms with E-state index in [1.807, 2.05) is 27.7 Å². The summed E-state index contributed by atoms with van der Waals surface area (Å²) >= 11 is 0. The molecule has 0 aliphatic heterocycles. The maximum Gasteiger partial charge on any atom is 0.381 e. The van der Waals surface area contributed by atoms with Crippen LogP contribution in [0.1, 0.15) is 80.1 Å². The largest absolute Gasteiger partial charge is 0.458 e. The average Bonchev–Trinajstić information content (AvgIpc) is 3.03. The zero-order valence-corrected chi connectivity index (χ0v) is 16.9. The van der Waals surface area contributed by atoms with Gasteiger partial charge in [-0.3, -0.25) is 4.79 Å². The molecule has 1 fully saturated rings. The second-order valence-corrected chi connectivity index (χ2v) is 8.41. The van der Waals surface area contributed by atoms with Crippen molar-refractivity contribution in [2.24, 2.45) is 17.3 Å². The minimum Gasteiger partial charge on any atom is -0.458 e. The molecule has 0 aromatic rings. The number of hydrogen-bond acceptors (Lipinski definition) is 4. The number of alkyl halides is 2. The molecule has 0 aromatic carbocycles. The van der Waals surface area contributed by atoms with Crippen LogP contribution in [-0.4, -0.2) is 30.1 Å². The van der Waals surface area contributed by atoms with Crippen molar-refractivity contribution in [3.05, 3.63) is 0 Å². The van der Waals surface area contributed by atoms with Crippen LogP contribution in [0, 0.1) is 17.3 Å². The van der Waals surface area contributed by atoms with Gasteiger partial charge in [-0.25, -0.2) is 4.79 Å². The lowest BCUT2D eigenvalue weighted by molar-refractivity contribution is -0.207. The van der Waals surface area contributed by atoms with E-state index in [-0.39, 0.29) is 18.3 Å². The second-order valence-electron chi connectivity index (χ2n) is 8.41. The normalized spacial score (nSPS) is 19.5. The highest BCUT2D eigenvalue weighted by Crippen LogP contribution is 2.38. The van der Waals surface area contributed by atoms with Gasteiger partial charge in [-0.2, -0.15) is 8.78 Å². The highest BCUT2D eigenvalue weighted by Gasteiger charge is 2.53. The highest BCUT2D eigenvalue weighted by atomic mass is 19.3. The van der Waals surface area contributed by atoms with Gasteiger partial charge in [0.1, 0.15) is 6.10 Å². The molecule has 1 aliphatic rings. The van der Waals surface area contributed by atoms with E-state index in [0.717, 1.165) is 12.8 Å². The molecule has 0 aromatic heterocycles. The predicted molar refractivity (Wildman–Crippen MR) is 95.9 cm³/mol. The summed E-state index contributed by atoms with van der Waals surface area (Å²) in [6.45, 7) is 10.9. The molecule has 1 rings (SSSR count). The maximum atomic E-state index is 14.6. The van der Waals surface area contributed by atoms with E-state index in [1.165, 1.54) is 6.92 Å². The van der Waals surface area contributed by atoms with Crippen LogP contribution in [0.15, 0.2) is 0 Å². The van der Waals surface area contributed by atoms with Crippen LogP contribution in [0.5, 0.6) is 0 Å². The molecule has 0 bridgehead atoms. The smallest absolute Gasteiger partial charge is 0.381 e. The molecular weight excluding hydrogens is 342 g/mol. The van der Waals surface area contributed by atoms with Crippen molar-refractivity contribution < 1.29 is 27.8 Å². The lowest BCUT2D eigenvalue weighted by Gasteiger charge is -2.35. The Labute approximate surface area is 156 Å². The van der Waals surface area contributed by atoms with E-state index in [2.05, 4.69) is 0 Å². The lowest BCUT2D eigenvalue weighted by atomic mass is 9.73. The van der Waals surface area contributed by atoms with Crippen molar-refractivity contribution in [1.29, 1.82) is 0 Å². The second kappa shape index (κ2) is 9.14. The Morgan fingerprint density at radius 1 is 1.08 bits per heavy atom. The first-order chi connectivity index (χ1) is 11.9. The van der Waals surface area contributed by atoms with Gasteiger partial charge in [0.15, 0.2) is 6.10 Å². The Morgan fingerprint density at radius 3 is 2.04 bits per heavy atom. The van der Waals surface area contributed by atoms with E-state index in [9.17, 15) is 18.4 Å². The van der Waals surface area contributed by atoms with Crippen molar-refractivity contribution in [2.75, 3.05) is 0 Å². The fraction of sp³-hybridized carbons (Fsp3) is 0.900. The number of carbonyl (C=O) groups is 2. The predicted octanol–water partition coefficient (Wildman–Crippen LogP) is 5.14. The van der Waals surface area contributed by atoms with Crippen molar-refractivity contribution in [3.63, 3.8) is 0 Å². The zero-order valence-electron chi connectivity index (χ0n) is 16.9. The van der Waals surface area contributed by atoms with Crippen LogP contribution in [-0.2, 0) is 19.1 Å². The summed E-state index contributed by atoms with van der Waals surface area (Å²) in [5, 5.41) is 0. The molecule has 1 aliphatic carbocycles. The number of hydrogen-bond donors (Lipinski definition) is 0. The summed E-state index contributed by atoms with van der Waals surface area (Å²) in [4.78, 5) is 24.7. The number of esters is 2. The van der Waals surface area contributed by atoms with Crippen LogP contribution in [0.3, 0.4) is 0 Å². The van der Waals surface area contributed by atoms with Gasteiger partial charge >= 0.3 is 17.9 Å². The molecule has 152 valence electrons. The zero-order chi connectivity index (χ0) is 20.1. The minimum atomic E-state index is -3.84. The van der Waals surface area contributed by atoms with Crippen molar-refractivity contribution in [2.45, 2.75) is 98.2 Å². The fourth-order valence-corrected chi connectivity index (χ4v) is 3.45. The summed E-state index contributed by atoms with van der Waals surface area (Å²) in [6, 6.07) is 0. The number of rotatable bonds is 9. The molecule has 0 saturated heterocycles. The summed E-state index contributed by atoms with van der Waals surface area (Å²) in [7, 11) is 0. The van der Waals surface area contributed by atoms with Crippen molar-refractivity contribution in [1.82, 2.24) is 0 Å². The number of ether oxygens (including phenoxy) is 2. The molecule has 0 spiro atoms. The van der Waals surface area contributed by atoms with Gasteiger partial charge in [0.25, 0.3) is 0 Å². The van der Waals surface area contributed by atoms with Gasteiger partial charge in [-0.05, 0) is 57.3 Å². The van der Waals surface area contributed by atoms with E-state index in [0.29, 0.717) is 19.3 Å². The highest BCUT2D eigenvalue weighted by molar-refractivity contribution is 5.81. The molecule has 0 N–H and O–H groups in total. The van der Waals surface area contributed by atoms with Gasteiger partial charge in [-0.1, -0.05) is 34.6 Å². The minimum absolute atomic E-state index is 0.0750. The topological polar surface area (TPSA) is 52.6 Å². The summed E-state index contributed by atoms with van der Waals surface area (Å²) in [6.07, 6.45) is 1.07. The van der Waals surface area contributed by atoms with Crippen LogP contribution in [0.4, 0.5) is 8.78 Å². The molecule has 0 amide bonds. The molecular formula is C20H34F2O4. The Morgan fingerprint density at radius 2 is 1.62 bits per heavy atom. The molecule has 0 radical (unpaired) electrons.